The first kappa shape index (κ1) is 14.0. The molecule has 1 aliphatic rings. The molecule has 5 nitrogen and oxygen atoms in total. The average molecular weight is 348 g/mol. The molecule has 21 heavy (non-hydrogen) atoms. The highest BCUT2D eigenvalue weighted by atomic mass is 79.9. The predicted octanol–water partition coefficient (Wildman–Crippen LogP) is 2.24. The first-order valence-corrected chi connectivity index (χ1v) is 7.50. The molecule has 6 heteroatoms. The Morgan fingerprint density at radius 3 is 3.00 bits per heavy atom. The van der Waals surface area contributed by atoms with Gasteiger partial charge in [0.2, 0.25) is 11.8 Å². The molecule has 1 fully saturated rings. The zero-order chi connectivity index (χ0) is 15.0. The lowest BCUT2D eigenvalue weighted by molar-refractivity contribution is -0.125. The van der Waals surface area contributed by atoms with Gasteiger partial charge in [0.05, 0.1) is 11.2 Å². The van der Waals surface area contributed by atoms with E-state index >= 15 is 0 Å². The van der Waals surface area contributed by atoms with Gasteiger partial charge in [-0.25, -0.2) is 0 Å². The maximum Gasteiger partial charge on any atom is 0.249 e. The number of hydrogen-bond acceptors (Lipinski definition) is 3. The second-order valence-corrected chi connectivity index (χ2v) is 5.95. The maximum absolute atomic E-state index is 12.5. The van der Waals surface area contributed by atoms with Crippen LogP contribution in [-0.2, 0) is 9.59 Å². The SMILES string of the molecule is CC1NC(=O)CCN(c2cccc3cc(Br)cnc23)C1=O. The lowest BCUT2D eigenvalue weighted by atomic mass is 10.1. The third-order valence-electron chi connectivity index (χ3n) is 3.52. The molecule has 1 aliphatic heterocycles. The Labute approximate surface area is 130 Å². The highest BCUT2D eigenvalue weighted by molar-refractivity contribution is 9.10. The van der Waals surface area contributed by atoms with Crippen LogP contribution in [0.1, 0.15) is 13.3 Å². The fourth-order valence-electron chi connectivity index (χ4n) is 2.51. The third-order valence-corrected chi connectivity index (χ3v) is 3.96. The Morgan fingerprint density at radius 2 is 2.19 bits per heavy atom. The smallest absolute Gasteiger partial charge is 0.249 e. The van der Waals surface area contributed by atoms with Crippen LogP contribution >= 0.6 is 15.9 Å². The Hall–Kier alpha value is -1.95. The number of nitrogens with zero attached hydrogens (tertiary/aromatic N) is 2. The van der Waals surface area contributed by atoms with Crippen molar-refractivity contribution >= 4 is 44.3 Å². The number of carbonyl (C=O) groups is 2. The molecule has 1 atom stereocenters. The summed E-state index contributed by atoms with van der Waals surface area (Å²) < 4.78 is 0.888. The lowest BCUT2D eigenvalue weighted by Crippen LogP contribution is -2.42. The zero-order valence-corrected chi connectivity index (χ0v) is 13.1. The summed E-state index contributed by atoms with van der Waals surface area (Å²) in [6, 6.07) is 7.14. The number of rotatable bonds is 1. The van der Waals surface area contributed by atoms with Crippen molar-refractivity contribution in [3.05, 3.63) is 34.9 Å². The largest absolute Gasteiger partial charge is 0.345 e. The van der Waals surface area contributed by atoms with Crippen molar-refractivity contribution in [2.45, 2.75) is 19.4 Å². The number of nitrogens with one attached hydrogen (secondary N) is 1. The van der Waals surface area contributed by atoms with Gasteiger partial charge in [0.25, 0.3) is 0 Å². The molecule has 0 saturated carbocycles. The summed E-state index contributed by atoms with van der Waals surface area (Å²) >= 11 is 3.40. The first-order chi connectivity index (χ1) is 10.1. The zero-order valence-electron chi connectivity index (χ0n) is 11.5. The highest BCUT2D eigenvalue weighted by Gasteiger charge is 2.28. The highest BCUT2D eigenvalue weighted by Crippen LogP contribution is 2.28. The Balaban J connectivity index is 2.10. The molecule has 1 aromatic heterocycles. The van der Waals surface area contributed by atoms with Gasteiger partial charge in [-0.1, -0.05) is 12.1 Å². The summed E-state index contributed by atoms with van der Waals surface area (Å²) in [7, 11) is 0. The lowest BCUT2D eigenvalue weighted by Gasteiger charge is -2.23. The molecule has 0 aliphatic carbocycles. The maximum atomic E-state index is 12.5. The Kier molecular flexibility index (Phi) is 3.63. The molecule has 3 rings (SSSR count). The van der Waals surface area contributed by atoms with Crippen LogP contribution in [0.15, 0.2) is 34.9 Å². The van der Waals surface area contributed by atoms with Crippen LogP contribution in [0.3, 0.4) is 0 Å². The number of benzene rings is 1. The standard InChI is InChI=1S/C15H14BrN3O2/c1-9-15(21)19(6-5-13(20)18-9)12-4-2-3-10-7-11(16)8-17-14(10)12/h2-4,7-9H,5-6H2,1H3,(H,18,20). The van der Waals surface area contributed by atoms with Crippen LogP contribution in [0.4, 0.5) is 5.69 Å². The normalized spacial score (nSPS) is 19.5. The molecule has 2 heterocycles. The monoisotopic (exact) mass is 347 g/mol. The van der Waals surface area contributed by atoms with Crippen LogP contribution < -0.4 is 10.2 Å². The number of pyridine rings is 1. The van der Waals surface area contributed by atoms with Gasteiger partial charge in [-0.15, -0.1) is 0 Å². The summed E-state index contributed by atoms with van der Waals surface area (Å²) in [6.07, 6.45) is 2.00. The van der Waals surface area contributed by atoms with Crippen molar-refractivity contribution < 1.29 is 9.59 Å². The van der Waals surface area contributed by atoms with Gasteiger partial charge in [-0.3, -0.25) is 14.6 Å². The Morgan fingerprint density at radius 1 is 1.38 bits per heavy atom. The van der Waals surface area contributed by atoms with Crippen molar-refractivity contribution in [1.82, 2.24) is 10.3 Å². The minimum absolute atomic E-state index is 0.103. The molecule has 1 saturated heterocycles. The van der Waals surface area contributed by atoms with E-state index in [4.69, 9.17) is 0 Å². The Bertz CT molecular complexity index is 732. The summed E-state index contributed by atoms with van der Waals surface area (Å²) in [5.41, 5.74) is 1.50. The van der Waals surface area contributed by atoms with Gasteiger partial charge in [0, 0.05) is 29.0 Å². The van der Waals surface area contributed by atoms with E-state index in [9.17, 15) is 9.59 Å². The molecule has 108 valence electrons. The summed E-state index contributed by atoms with van der Waals surface area (Å²) in [4.78, 5) is 30.2. The van der Waals surface area contributed by atoms with Crippen molar-refractivity contribution in [3.8, 4) is 0 Å². The molecular formula is C15H14BrN3O2. The van der Waals surface area contributed by atoms with E-state index in [1.54, 1.807) is 18.0 Å². The second kappa shape index (κ2) is 5.44. The minimum Gasteiger partial charge on any atom is -0.345 e. The number of hydrogen-bond donors (Lipinski definition) is 1. The fourth-order valence-corrected chi connectivity index (χ4v) is 2.86. The van der Waals surface area contributed by atoms with E-state index in [0.29, 0.717) is 13.0 Å². The van der Waals surface area contributed by atoms with Crippen LogP contribution in [-0.4, -0.2) is 29.4 Å². The van der Waals surface area contributed by atoms with Crippen molar-refractivity contribution in [3.63, 3.8) is 0 Å². The molecule has 0 bridgehead atoms. The number of para-hydroxylation sites is 1. The van der Waals surface area contributed by atoms with Gasteiger partial charge >= 0.3 is 0 Å². The molecule has 2 aromatic rings. The van der Waals surface area contributed by atoms with Crippen molar-refractivity contribution in [1.29, 1.82) is 0 Å². The van der Waals surface area contributed by atoms with Gasteiger partial charge in [0.1, 0.15) is 6.04 Å². The van der Waals surface area contributed by atoms with Gasteiger partial charge in [0.15, 0.2) is 0 Å². The summed E-state index contributed by atoms with van der Waals surface area (Å²) in [6.45, 7) is 2.07. The van der Waals surface area contributed by atoms with Crippen LogP contribution in [0.5, 0.6) is 0 Å². The molecule has 0 radical (unpaired) electrons. The molecule has 2 amide bonds. The van der Waals surface area contributed by atoms with E-state index in [1.165, 1.54) is 0 Å². The number of aromatic nitrogens is 1. The van der Waals surface area contributed by atoms with Gasteiger partial charge < -0.3 is 10.2 Å². The van der Waals surface area contributed by atoms with E-state index in [2.05, 4.69) is 26.2 Å². The van der Waals surface area contributed by atoms with Gasteiger partial charge in [-0.2, -0.15) is 0 Å². The van der Waals surface area contributed by atoms with E-state index in [0.717, 1.165) is 21.1 Å². The molecule has 1 unspecified atom stereocenters. The molecule has 0 spiro atoms. The first-order valence-electron chi connectivity index (χ1n) is 6.71. The minimum atomic E-state index is -0.522. The number of amides is 2. The van der Waals surface area contributed by atoms with Crippen LogP contribution in [0, 0.1) is 0 Å². The summed E-state index contributed by atoms with van der Waals surface area (Å²) in [5.74, 6) is -0.215. The van der Waals surface area contributed by atoms with Crippen LogP contribution in [0.2, 0.25) is 0 Å². The fraction of sp³-hybridized carbons (Fsp3) is 0.267. The topological polar surface area (TPSA) is 62.3 Å². The van der Waals surface area contributed by atoms with Crippen molar-refractivity contribution in [2.75, 3.05) is 11.4 Å². The van der Waals surface area contributed by atoms with Crippen molar-refractivity contribution in [2.24, 2.45) is 0 Å². The average Bonchev–Trinajstić information content (AvgIpc) is 2.58. The number of carbonyl (C=O) groups excluding carboxylic acids is 2. The van der Waals surface area contributed by atoms with Gasteiger partial charge in [-0.05, 0) is 35.0 Å². The van der Waals surface area contributed by atoms with E-state index in [-0.39, 0.29) is 11.8 Å². The molecular weight excluding hydrogens is 334 g/mol. The number of anilines is 1. The predicted molar refractivity (Wildman–Crippen MR) is 84.0 cm³/mol. The van der Waals surface area contributed by atoms with E-state index < -0.39 is 6.04 Å². The quantitative estimate of drug-likeness (QED) is 0.860. The van der Waals surface area contributed by atoms with Crippen LogP contribution in [0.25, 0.3) is 10.9 Å². The number of halogens is 1. The van der Waals surface area contributed by atoms with E-state index in [1.807, 2.05) is 24.3 Å². The molecule has 1 N–H and O–H groups in total. The summed E-state index contributed by atoms with van der Waals surface area (Å²) in [5, 5.41) is 3.64. The number of fused-ring (bicyclic) bond motifs is 1. The third kappa shape index (κ3) is 2.63. The second-order valence-electron chi connectivity index (χ2n) is 5.03. The molecule has 1 aromatic carbocycles.